The van der Waals surface area contributed by atoms with Gasteiger partial charge in [-0.05, 0) is 18.2 Å². The highest BCUT2D eigenvalue weighted by atomic mass is 16.1. The Labute approximate surface area is 109 Å². The Bertz CT molecular complexity index is 992. The Balaban J connectivity index is 2.44. The molecule has 92 valence electrons. The van der Waals surface area contributed by atoms with Gasteiger partial charge in [0.05, 0.1) is 10.9 Å². The summed E-state index contributed by atoms with van der Waals surface area (Å²) in [6.07, 6.45) is 0. The second kappa shape index (κ2) is 3.48. The van der Waals surface area contributed by atoms with Crippen LogP contribution in [0, 0.1) is 0 Å². The molecule has 19 heavy (non-hydrogen) atoms. The molecule has 0 saturated carbocycles. The van der Waals surface area contributed by atoms with Gasteiger partial charge in [0.15, 0.2) is 5.43 Å². The molecule has 2 aromatic carbocycles. The van der Waals surface area contributed by atoms with Crippen LogP contribution in [0.2, 0.25) is 0 Å². The van der Waals surface area contributed by atoms with Crippen LogP contribution in [-0.4, -0.2) is 9.55 Å². The lowest BCUT2D eigenvalue weighted by atomic mass is 10.1. The number of rotatable bonds is 0. The van der Waals surface area contributed by atoms with E-state index in [-0.39, 0.29) is 5.43 Å². The van der Waals surface area contributed by atoms with Crippen molar-refractivity contribution in [2.45, 2.75) is 0 Å². The molecular formula is C16H12N2O. The first kappa shape index (κ1) is 10.4. The van der Waals surface area contributed by atoms with E-state index in [1.54, 1.807) is 0 Å². The lowest BCUT2D eigenvalue weighted by Crippen LogP contribution is -2.07. The molecule has 0 fully saturated rings. The van der Waals surface area contributed by atoms with Crippen LogP contribution in [0.5, 0.6) is 0 Å². The van der Waals surface area contributed by atoms with Gasteiger partial charge in [0.25, 0.3) is 0 Å². The summed E-state index contributed by atoms with van der Waals surface area (Å²) in [5.74, 6) is 0. The minimum Gasteiger partial charge on any atom is -0.340 e. The van der Waals surface area contributed by atoms with E-state index in [1.807, 2.05) is 60.1 Å². The first-order valence-electron chi connectivity index (χ1n) is 6.25. The van der Waals surface area contributed by atoms with Crippen LogP contribution in [-0.2, 0) is 7.05 Å². The summed E-state index contributed by atoms with van der Waals surface area (Å²) in [5, 5.41) is 2.53. The zero-order chi connectivity index (χ0) is 13.0. The van der Waals surface area contributed by atoms with Crippen molar-refractivity contribution in [3.8, 4) is 0 Å². The molecule has 0 spiro atoms. The maximum Gasteiger partial charge on any atom is 0.199 e. The van der Waals surface area contributed by atoms with Gasteiger partial charge in [-0.25, -0.2) is 0 Å². The fourth-order valence-electron chi connectivity index (χ4n) is 2.82. The van der Waals surface area contributed by atoms with Crippen molar-refractivity contribution in [1.29, 1.82) is 0 Å². The first-order valence-corrected chi connectivity index (χ1v) is 6.25. The molecule has 4 rings (SSSR count). The first-order chi connectivity index (χ1) is 9.27. The van der Waals surface area contributed by atoms with E-state index in [2.05, 4.69) is 4.98 Å². The summed E-state index contributed by atoms with van der Waals surface area (Å²) in [6, 6.07) is 15.6. The summed E-state index contributed by atoms with van der Waals surface area (Å²) in [4.78, 5) is 16.0. The van der Waals surface area contributed by atoms with Crippen LogP contribution in [0.25, 0.3) is 32.8 Å². The van der Waals surface area contributed by atoms with Crippen LogP contribution < -0.4 is 5.43 Å². The van der Waals surface area contributed by atoms with Gasteiger partial charge in [-0.1, -0.05) is 30.3 Å². The van der Waals surface area contributed by atoms with Gasteiger partial charge >= 0.3 is 0 Å². The van der Waals surface area contributed by atoms with E-state index in [0.717, 1.165) is 32.8 Å². The number of para-hydroxylation sites is 2. The molecular weight excluding hydrogens is 236 g/mol. The predicted octanol–water partition coefficient (Wildman–Crippen LogP) is 3.17. The largest absolute Gasteiger partial charge is 0.340 e. The highest BCUT2D eigenvalue weighted by molar-refractivity contribution is 6.09. The van der Waals surface area contributed by atoms with Crippen LogP contribution in [0.1, 0.15) is 0 Å². The van der Waals surface area contributed by atoms with E-state index < -0.39 is 0 Å². The third-order valence-electron chi connectivity index (χ3n) is 3.76. The standard InChI is InChI=1S/C16H12N2O/c1-18-13-9-5-3-7-11(13)15(19)14-10-6-2-4-8-12(10)17-16(14)18/h2-9,17H,1H3. The highest BCUT2D eigenvalue weighted by Crippen LogP contribution is 2.25. The van der Waals surface area contributed by atoms with Crippen LogP contribution in [0.15, 0.2) is 53.3 Å². The summed E-state index contributed by atoms with van der Waals surface area (Å²) in [7, 11) is 1.99. The number of aromatic amines is 1. The van der Waals surface area contributed by atoms with Gasteiger partial charge in [0, 0.05) is 23.3 Å². The summed E-state index contributed by atoms with van der Waals surface area (Å²) >= 11 is 0. The second-order valence-corrected chi connectivity index (χ2v) is 4.80. The Kier molecular flexibility index (Phi) is 1.90. The molecule has 1 N–H and O–H groups in total. The van der Waals surface area contributed by atoms with Crippen molar-refractivity contribution < 1.29 is 0 Å². The molecule has 2 aromatic heterocycles. The molecule has 0 aliphatic carbocycles. The summed E-state index contributed by atoms with van der Waals surface area (Å²) < 4.78 is 2.05. The monoisotopic (exact) mass is 248 g/mol. The van der Waals surface area contributed by atoms with E-state index in [0.29, 0.717) is 0 Å². The van der Waals surface area contributed by atoms with Crippen molar-refractivity contribution in [2.75, 3.05) is 0 Å². The van der Waals surface area contributed by atoms with Crippen LogP contribution in [0.4, 0.5) is 0 Å². The number of pyridine rings is 1. The van der Waals surface area contributed by atoms with Crippen molar-refractivity contribution >= 4 is 32.8 Å². The third kappa shape index (κ3) is 1.24. The van der Waals surface area contributed by atoms with Crippen molar-refractivity contribution in [3.63, 3.8) is 0 Å². The minimum atomic E-state index is 0.0983. The molecule has 3 heteroatoms. The molecule has 0 atom stereocenters. The Hall–Kier alpha value is -2.55. The molecule has 0 aliphatic rings. The van der Waals surface area contributed by atoms with E-state index in [1.165, 1.54) is 0 Å². The number of aryl methyl sites for hydroxylation is 1. The maximum absolute atomic E-state index is 12.7. The molecule has 0 amide bonds. The van der Waals surface area contributed by atoms with Gasteiger partial charge in [0.1, 0.15) is 5.65 Å². The number of hydrogen-bond acceptors (Lipinski definition) is 1. The van der Waals surface area contributed by atoms with Crippen molar-refractivity contribution in [2.24, 2.45) is 7.05 Å². The molecule has 0 unspecified atom stereocenters. The zero-order valence-corrected chi connectivity index (χ0v) is 10.5. The van der Waals surface area contributed by atoms with Gasteiger partial charge in [-0.3, -0.25) is 4.79 Å². The second-order valence-electron chi connectivity index (χ2n) is 4.80. The predicted molar refractivity (Wildman–Crippen MR) is 78.6 cm³/mol. The number of aromatic nitrogens is 2. The van der Waals surface area contributed by atoms with Crippen LogP contribution >= 0.6 is 0 Å². The number of nitrogens with zero attached hydrogens (tertiary/aromatic N) is 1. The van der Waals surface area contributed by atoms with Gasteiger partial charge in [0.2, 0.25) is 0 Å². The topological polar surface area (TPSA) is 37.8 Å². The molecule has 3 nitrogen and oxygen atoms in total. The smallest absolute Gasteiger partial charge is 0.199 e. The van der Waals surface area contributed by atoms with Crippen molar-refractivity contribution in [1.82, 2.24) is 9.55 Å². The number of fused-ring (bicyclic) bond motifs is 4. The van der Waals surface area contributed by atoms with E-state index in [4.69, 9.17) is 0 Å². The Morgan fingerprint density at radius 1 is 0.947 bits per heavy atom. The Morgan fingerprint density at radius 2 is 1.63 bits per heavy atom. The fourth-order valence-corrected chi connectivity index (χ4v) is 2.82. The minimum absolute atomic E-state index is 0.0983. The lowest BCUT2D eigenvalue weighted by Gasteiger charge is -2.06. The van der Waals surface area contributed by atoms with Crippen molar-refractivity contribution in [3.05, 3.63) is 58.8 Å². The van der Waals surface area contributed by atoms with E-state index in [9.17, 15) is 4.79 Å². The number of nitrogens with one attached hydrogen (secondary N) is 1. The molecule has 0 saturated heterocycles. The average Bonchev–Trinajstić information content (AvgIpc) is 2.84. The zero-order valence-electron chi connectivity index (χ0n) is 10.5. The number of benzene rings is 2. The average molecular weight is 248 g/mol. The van der Waals surface area contributed by atoms with E-state index >= 15 is 0 Å². The SMILES string of the molecule is Cn1c2ccccc2c(=O)c2c3ccccc3[nH]c21. The number of H-pyrrole nitrogens is 1. The number of hydrogen-bond donors (Lipinski definition) is 1. The summed E-state index contributed by atoms with van der Waals surface area (Å²) in [5.41, 5.74) is 2.93. The van der Waals surface area contributed by atoms with Gasteiger partial charge < -0.3 is 9.55 Å². The highest BCUT2D eigenvalue weighted by Gasteiger charge is 2.13. The van der Waals surface area contributed by atoms with Gasteiger partial charge in [-0.15, -0.1) is 0 Å². The summed E-state index contributed by atoms with van der Waals surface area (Å²) in [6.45, 7) is 0. The third-order valence-corrected chi connectivity index (χ3v) is 3.76. The quantitative estimate of drug-likeness (QED) is 0.510. The fraction of sp³-hybridized carbons (Fsp3) is 0.0625. The lowest BCUT2D eigenvalue weighted by molar-refractivity contribution is 0.985. The van der Waals surface area contributed by atoms with Crippen LogP contribution in [0.3, 0.4) is 0 Å². The normalized spacial score (nSPS) is 11.6. The molecule has 2 heterocycles. The van der Waals surface area contributed by atoms with Gasteiger partial charge in [-0.2, -0.15) is 0 Å². The molecule has 4 aromatic rings. The Morgan fingerprint density at radius 3 is 2.47 bits per heavy atom. The molecule has 0 radical (unpaired) electrons. The maximum atomic E-state index is 12.7. The molecule has 0 bridgehead atoms. The molecule has 0 aliphatic heterocycles.